The van der Waals surface area contributed by atoms with Crippen molar-refractivity contribution in [1.29, 1.82) is 0 Å². The number of aromatic nitrogens is 4. The molecule has 0 bridgehead atoms. The Morgan fingerprint density at radius 2 is 1.81 bits per heavy atom. The van der Waals surface area contributed by atoms with E-state index < -0.39 is 6.10 Å². The van der Waals surface area contributed by atoms with Crippen LogP contribution in [0.15, 0.2) is 0 Å². The normalized spacial score (nSPS) is 12.9. The van der Waals surface area contributed by atoms with Crippen LogP contribution in [0.5, 0.6) is 0 Å². The Balaban J connectivity index is 2.15. The van der Waals surface area contributed by atoms with Gasteiger partial charge in [0.2, 0.25) is 0 Å². The lowest BCUT2D eigenvalue weighted by atomic mass is 10.0. The fourth-order valence-electron chi connectivity index (χ4n) is 2.69. The molecule has 0 saturated heterocycles. The highest BCUT2D eigenvalue weighted by Gasteiger charge is 2.19. The van der Waals surface area contributed by atoms with E-state index in [0.29, 0.717) is 17.9 Å². The Bertz CT molecular complexity index is 645. The number of nitrogens with zero attached hydrogens (tertiary/aromatic N) is 4. The first-order valence-corrected chi connectivity index (χ1v) is 7.60. The van der Waals surface area contributed by atoms with Crippen LogP contribution in [-0.4, -0.2) is 30.8 Å². The number of aliphatic hydroxyl groups excluding tert-OH is 1. The number of aliphatic hydroxyl groups is 1. The quantitative estimate of drug-likeness (QED) is 0.920. The molecule has 0 radical (unpaired) electrons. The highest BCUT2D eigenvalue weighted by Crippen LogP contribution is 2.23. The molecule has 2 heterocycles. The van der Waals surface area contributed by atoms with Crippen LogP contribution in [0.3, 0.4) is 0 Å². The lowest BCUT2D eigenvalue weighted by Crippen LogP contribution is -2.17. The van der Waals surface area contributed by atoms with Crippen molar-refractivity contribution < 1.29 is 5.11 Å². The standard InChI is InChI=1S/C15H23ClN4O/c1-6-13-15(16)14(20(5)18-13)8-11(21)7-12-9(2)17-19(4)10(12)3/h11,21H,6-8H2,1-5H3. The Kier molecular flexibility index (Phi) is 4.74. The zero-order chi connectivity index (χ0) is 15.7. The molecule has 1 unspecified atom stereocenters. The average molecular weight is 311 g/mol. The van der Waals surface area contributed by atoms with Crippen LogP contribution in [0.25, 0.3) is 0 Å². The number of hydrogen-bond acceptors (Lipinski definition) is 3. The van der Waals surface area contributed by atoms with E-state index in [-0.39, 0.29) is 0 Å². The minimum atomic E-state index is -0.496. The monoisotopic (exact) mass is 310 g/mol. The Hall–Kier alpha value is -1.33. The van der Waals surface area contributed by atoms with Gasteiger partial charge in [-0.25, -0.2) is 0 Å². The molecule has 116 valence electrons. The van der Waals surface area contributed by atoms with Crippen LogP contribution < -0.4 is 0 Å². The molecule has 2 aromatic rings. The maximum absolute atomic E-state index is 10.4. The number of halogens is 1. The molecule has 2 rings (SSSR count). The third-order valence-electron chi connectivity index (χ3n) is 4.03. The van der Waals surface area contributed by atoms with Crippen molar-refractivity contribution in [1.82, 2.24) is 19.6 Å². The van der Waals surface area contributed by atoms with Crippen molar-refractivity contribution in [3.63, 3.8) is 0 Å². The fraction of sp³-hybridized carbons (Fsp3) is 0.600. The lowest BCUT2D eigenvalue weighted by Gasteiger charge is -2.12. The van der Waals surface area contributed by atoms with E-state index in [4.69, 9.17) is 11.6 Å². The maximum atomic E-state index is 10.4. The van der Waals surface area contributed by atoms with E-state index in [2.05, 4.69) is 10.2 Å². The van der Waals surface area contributed by atoms with Crippen LogP contribution in [0.2, 0.25) is 5.02 Å². The molecule has 21 heavy (non-hydrogen) atoms. The van der Waals surface area contributed by atoms with Crippen LogP contribution in [-0.2, 0) is 33.4 Å². The minimum Gasteiger partial charge on any atom is -0.392 e. The van der Waals surface area contributed by atoms with Crippen molar-refractivity contribution >= 4 is 11.6 Å². The third-order valence-corrected chi connectivity index (χ3v) is 4.47. The molecule has 2 aromatic heterocycles. The summed E-state index contributed by atoms with van der Waals surface area (Å²) in [6.07, 6.45) is 1.37. The van der Waals surface area contributed by atoms with Gasteiger partial charge in [-0.15, -0.1) is 0 Å². The molecule has 5 nitrogen and oxygen atoms in total. The predicted octanol–water partition coefficient (Wildman–Crippen LogP) is 2.13. The summed E-state index contributed by atoms with van der Waals surface area (Å²) in [4.78, 5) is 0. The topological polar surface area (TPSA) is 55.9 Å². The first kappa shape index (κ1) is 16.0. The van der Waals surface area contributed by atoms with Crippen molar-refractivity contribution in [3.8, 4) is 0 Å². The van der Waals surface area contributed by atoms with Gasteiger partial charge in [0.1, 0.15) is 0 Å². The van der Waals surface area contributed by atoms with Gasteiger partial charge in [0.15, 0.2) is 0 Å². The van der Waals surface area contributed by atoms with E-state index in [1.807, 2.05) is 39.5 Å². The first-order chi connectivity index (χ1) is 9.85. The summed E-state index contributed by atoms with van der Waals surface area (Å²) in [7, 11) is 3.79. The van der Waals surface area contributed by atoms with Crippen molar-refractivity contribution in [2.24, 2.45) is 14.1 Å². The van der Waals surface area contributed by atoms with E-state index in [9.17, 15) is 5.11 Å². The van der Waals surface area contributed by atoms with E-state index in [1.54, 1.807) is 4.68 Å². The van der Waals surface area contributed by atoms with E-state index in [1.165, 1.54) is 0 Å². The molecule has 0 saturated carbocycles. The summed E-state index contributed by atoms with van der Waals surface area (Å²) in [5.74, 6) is 0. The SMILES string of the molecule is CCc1nn(C)c(CC(O)Cc2c(C)nn(C)c2C)c1Cl. The largest absolute Gasteiger partial charge is 0.392 e. The second-order valence-corrected chi connectivity index (χ2v) is 5.90. The van der Waals surface area contributed by atoms with Gasteiger partial charge in [-0.2, -0.15) is 10.2 Å². The molecule has 0 fully saturated rings. The Morgan fingerprint density at radius 3 is 2.29 bits per heavy atom. The Morgan fingerprint density at radius 1 is 1.14 bits per heavy atom. The molecule has 0 aliphatic rings. The van der Waals surface area contributed by atoms with Crippen molar-refractivity contribution in [3.05, 3.63) is 33.4 Å². The molecule has 1 N–H and O–H groups in total. The smallest absolute Gasteiger partial charge is 0.0850 e. The summed E-state index contributed by atoms with van der Waals surface area (Å²) in [5.41, 5.74) is 4.95. The van der Waals surface area contributed by atoms with Crippen LogP contribution >= 0.6 is 11.6 Å². The predicted molar refractivity (Wildman–Crippen MR) is 83.7 cm³/mol. The average Bonchev–Trinajstić information content (AvgIpc) is 2.83. The van der Waals surface area contributed by atoms with Crippen LogP contribution in [0, 0.1) is 13.8 Å². The van der Waals surface area contributed by atoms with Gasteiger partial charge in [0, 0.05) is 32.6 Å². The number of aryl methyl sites for hydroxylation is 4. The van der Waals surface area contributed by atoms with Crippen molar-refractivity contribution in [2.45, 2.75) is 46.1 Å². The molecule has 0 aliphatic heterocycles. The highest BCUT2D eigenvalue weighted by molar-refractivity contribution is 6.31. The summed E-state index contributed by atoms with van der Waals surface area (Å²) in [5, 5.41) is 19.9. The summed E-state index contributed by atoms with van der Waals surface area (Å²) >= 11 is 6.33. The number of rotatable bonds is 5. The molecule has 0 aliphatic carbocycles. The van der Waals surface area contributed by atoms with Crippen molar-refractivity contribution in [2.75, 3.05) is 0 Å². The van der Waals surface area contributed by atoms with Gasteiger partial charge >= 0.3 is 0 Å². The molecule has 0 aromatic carbocycles. The zero-order valence-electron chi connectivity index (χ0n) is 13.3. The molecule has 0 amide bonds. The van der Waals surface area contributed by atoms with Gasteiger partial charge in [0.05, 0.1) is 28.2 Å². The number of hydrogen-bond donors (Lipinski definition) is 1. The van der Waals surface area contributed by atoms with Gasteiger partial charge in [-0.1, -0.05) is 18.5 Å². The lowest BCUT2D eigenvalue weighted by molar-refractivity contribution is 0.172. The van der Waals surface area contributed by atoms with E-state index >= 15 is 0 Å². The second kappa shape index (κ2) is 6.20. The van der Waals surface area contributed by atoms with Crippen LogP contribution in [0.4, 0.5) is 0 Å². The van der Waals surface area contributed by atoms with Gasteiger partial charge in [-0.05, 0) is 25.8 Å². The zero-order valence-corrected chi connectivity index (χ0v) is 14.1. The minimum absolute atomic E-state index is 0.496. The summed E-state index contributed by atoms with van der Waals surface area (Å²) < 4.78 is 3.62. The third kappa shape index (κ3) is 3.14. The summed E-state index contributed by atoms with van der Waals surface area (Å²) in [6, 6.07) is 0. The first-order valence-electron chi connectivity index (χ1n) is 7.22. The summed E-state index contributed by atoms with van der Waals surface area (Å²) in [6.45, 7) is 6.02. The molecular weight excluding hydrogens is 288 g/mol. The molecule has 0 spiro atoms. The van der Waals surface area contributed by atoms with Gasteiger partial charge in [-0.3, -0.25) is 9.36 Å². The van der Waals surface area contributed by atoms with E-state index in [0.717, 1.165) is 34.8 Å². The second-order valence-electron chi connectivity index (χ2n) is 5.52. The molecule has 1 atom stereocenters. The van der Waals surface area contributed by atoms with Crippen LogP contribution in [0.1, 0.15) is 35.3 Å². The van der Waals surface area contributed by atoms with Gasteiger partial charge < -0.3 is 5.11 Å². The fourth-order valence-corrected chi connectivity index (χ4v) is 3.06. The maximum Gasteiger partial charge on any atom is 0.0850 e. The Labute approximate surface area is 130 Å². The van der Waals surface area contributed by atoms with Gasteiger partial charge in [0.25, 0.3) is 0 Å². The molecular formula is C15H23ClN4O. The highest BCUT2D eigenvalue weighted by atomic mass is 35.5. The molecule has 6 heteroatoms.